The summed E-state index contributed by atoms with van der Waals surface area (Å²) in [5.74, 6) is 0.0104. The zero-order valence-electron chi connectivity index (χ0n) is 12.8. The molecule has 0 saturated heterocycles. The van der Waals surface area contributed by atoms with Gasteiger partial charge >= 0.3 is 0 Å². The van der Waals surface area contributed by atoms with Crippen molar-refractivity contribution in [3.63, 3.8) is 0 Å². The van der Waals surface area contributed by atoms with Crippen molar-refractivity contribution in [1.29, 1.82) is 0 Å². The van der Waals surface area contributed by atoms with E-state index in [0.29, 0.717) is 16.8 Å². The molecule has 0 atom stereocenters. The first kappa shape index (κ1) is 15.4. The number of aliphatic hydroxyl groups excluding tert-OH is 1. The van der Waals surface area contributed by atoms with Crippen LogP contribution < -0.4 is 4.80 Å². The molecule has 0 spiro atoms. The summed E-state index contributed by atoms with van der Waals surface area (Å²) in [7, 11) is 1.93. The van der Waals surface area contributed by atoms with Gasteiger partial charge in [-0.15, -0.1) is 5.10 Å². The van der Waals surface area contributed by atoms with Crippen LogP contribution in [-0.2, 0) is 13.7 Å². The van der Waals surface area contributed by atoms with Gasteiger partial charge in [0.15, 0.2) is 0 Å². The number of pyridine rings is 1. The van der Waals surface area contributed by atoms with Crippen LogP contribution in [0.2, 0.25) is 0 Å². The molecule has 7 heteroatoms. The van der Waals surface area contributed by atoms with Crippen molar-refractivity contribution in [2.24, 2.45) is 17.3 Å². The molecule has 0 bridgehead atoms. The van der Waals surface area contributed by atoms with Gasteiger partial charge in [-0.2, -0.15) is 5.10 Å². The third-order valence-corrected chi connectivity index (χ3v) is 4.68. The van der Waals surface area contributed by atoms with E-state index in [4.69, 9.17) is 0 Å². The van der Waals surface area contributed by atoms with Crippen LogP contribution in [0.3, 0.4) is 0 Å². The number of hydrogen-bond acceptors (Lipinski definition) is 6. The smallest absolute Gasteiger partial charge is 0.211 e. The minimum Gasteiger partial charge on any atom is -0.505 e. The van der Waals surface area contributed by atoms with Gasteiger partial charge in [0, 0.05) is 24.4 Å². The number of benzene rings is 1. The van der Waals surface area contributed by atoms with Crippen molar-refractivity contribution in [1.82, 2.24) is 9.55 Å². The van der Waals surface area contributed by atoms with Gasteiger partial charge in [-0.05, 0) is 19.1 Å². The Kier molecular flexibility index (Phi) is 4.22. The number of nitrogens with zero attached hydrogens (tertiary/aromatic N) is 4. The van der Waals surface area contributed by atoms with Crippen LogP contribution in [-0.4, -0.2) is 26.0 Å². The van der Waals surface area contributed by atoms with Crippen LogP contribution in [0.1, 0.15) is 16.8 Å². The van der Waals surface area contributed by atoms with Crippen molar-refractivity contribution < 1.29 is 10.2 Å². The van der Waals surface area contributed by atoms with Crippen molar-refractivity contribution >= 4 is 27.8 Å². The maximum atomic E-state index is 10.1. The summed E-state index contributed by atoms with van der Waals surface area (Å²) < 4.78 is 3.09. The molecule has 3 rings (SSSR count). The van der Waals surface area contributed by atoms with Gasteiger partial charge in [0.05, 0.1) is 28.7 Å². The SMILES string of the molecule is Cc1ncc(CO)c(/C=N/N=c2\sc3ccccc3n2C)c1O. The summed E-state index contributed by atoms with van der Waals surface area (Å²) in [4.78, 5) is 4.76. The minimum atomic E-state index is -0.223. The molecule has 118 valence electrons. The lowest BCUT2D eigenvalue weighted by Crippen LogP contribution is -2.09. The molecule has 23 heavy (non-hydrogen) atoms. The lowest BCUT2D eigenvalue weighted by atomic mass is 10.1. The first-order chi connectivity index (χ1) is 11.1. The number of rotatable bonds is 3. The molecule has 0 fully saturated rings. The van der Waals surface area contributed by atoms with Crippen LogP contribution >= 0.6 is 11.3 Å². The van der Waals surface area contributed by atoms with E-state index in [9.17, 15) is 10.2 Å². The standard InChI is InChI=1S/C16H16N4O2S/c1-10-15(22)12(11(9-21)7-17-10)8-18-19-16-20(2)13-5-3-4-6-14(13)23-16/h3-8,21-22H,9H2,1-2H3/b18-8+,19-16-. The van der Waals surface area contributed by atoms with E-state index >= 15 is 0 Å². The zero-order chi connectivity index (χ0) is 16.4. The van der Waals surface area contributed by atoms with Gasteiger partial charge in [-0.1, -0.05) is 23.5 Å². The first-order valence-electron chi connectivity index (χ1n) is 7.01. The average molecular weight is 328 g/mol. The molecule has 2 heterocycles. The fourth-order valence-electron chi connectivity index (χ4n) is 2.24. The molecule has 1 aromatic carbocycles. The average Bonchev–Trinajstić information content (AvgIpc) is 2.88. The quantitative estimate of drug-likeness (QED) is 0.570. The highest BCUT2D eigenvalue weighted by Gasteiger charge is 2.09. The molecule has 0 radical (unpaired) electrons. The van der Waals surface area contributed by atoms with Crippen molar-refractivity contribution in [2.45, 2.75) is 13.5 Å². The summed E-state index contributed by atoms with van der Waals surface area (Å²) in [6.45, 7) is 1.47. The Hall–Kier alpha value is -2.51. The van der Waals surface area contributed by atoms with Gasteiger partial charge in [0.2, 0.25) is 4.80 Å². The number of aromatic hydroxyl groups is 1. The van der Waals surface area contributed by atoms with Gasteiger partial charge in [0.1, 0.15) is 5.75 Å². The molecule has 0 aliphatic rings. The lowest BCUT2D eigenvalue weighted by Gasteiger charge is -2.06. The molecular formula is C16H16N4O2S. The second kappa shape index (κ2) is 6.31. The summed E-state index contributed by atoms with van der Waals surface area (Å²) in [5, 5.41) is 27.7. The second-order valence-electron chi connectivity index (χ2n) is 5.05. The van der Waals surface area contributed by atoms with Crippen molar-refractivity contribution in [3.8, 4) is 5.75 Å². The monoisotopic (exact) mass is 328 g/mol. The highest BCUT2D eigenvalue weighted by atomic mass is 32.1. The Morgan fingerprint density at radius 2 is 2.13 bits per heavy atom. The number of aromatic nitrogens is 2. The molecule has 6 nitrogen and oxygen atoms in total. The van der Waals surface area contributed by atoms with E-state index in [0.717, 1.165) is 15.0 Å². The Balaban J connectivity index is 2.03. The predicted molar refractivity (Wildman–Crippen MR) is 90.5 cm³/mol. The normalized spacial score (nSPS) is 12.6. The maximum Gasteiger partial charge on any atom is 0.211 e. The van der Waals surface area contributed by atoms with Crippen LogP contribution in [0, 0.1) is 6.92 Å². The fraction of sp³-hybridized carbons (Fsp3) is 0.188. The van der Waals surface area contributed by atoms with Gasteiger partial charge in [-0.25, -0.2) is 0 Å². The zero-order valence-corrected chi connectivity index (χ0v) is 13.6. The number of aryl methyl sites for hydroxylation is 2. The Morgan fingerprint density at radius 1 is 1.35 bits per heavy atom. The molecule has 0 aliphatic heterocycles. The van der Waals surface area contributed by atoms with E-state index in [2.05, 4.69) is 15.2 Å². The molecule has 0 saturated carbocycles. The molecule has 3 aromatic rings. The van der Waals surface area contributed by atoms with E-state index in [1.807, 2.05) is 35.9 Å². The molecule has 2 aromatic heterocycles. The van der Waals surface area contributed by atoms with Crippen LogP contribution in [0.5, 0.6) is 5.75 Å². The van der Waals surface area contributed by atoms with E-state index in [1.165, 1.54) is 23.7 Å². The Morgan fingerprint density at radius 3 is 2.87 bits per heavy atom. The fourth-order valence-corrected chi connectivity index (χ4v) is 3.21. The molecule has 0 amide bonds. The minimum absolute atomic E-state index is 0.0104. The molecule has 0 unspecified atom stereocenters. The van der Waals surface area contributed by atoms with Crippen molar-refractivity contribution in [2.75, 3.05) is 0 Å². The number of thiazole rings is 1. The highest BCUT2D eigenvalue weighted by molar-refractivity contribution is 7.16. The van der Waals surface area contributed by atoms with Crippen molar-refractivity contribution in [3.05, 3.63) is 52.1 Å². The summed E-state index contributed by atoms with van der Waals surface area (Å²) in [6.07, 6.45) is 2.97. The third-order valence-electron chi connectivity index (χ3n) is 3.57. The van der Waals surface area contributed by atoms with Crippen LogP contribution in [0.25, 0.3) is 10.2 Å². The number of aliphatic hydroxyl groups is 1. The number of hydrogen-bond donors (Lipinski definition) is 2. The Labute approximate surface area is 136 Å². The van der Waals surface area contributed by atoms with E-state index in [1.54, 1.807) is 6.92 Å². The van der Waals surface area contributed by atoms with E-state index in [-0.39, 0.29) is 12.4 Å². The number of para-hydroxylation sites is 1. The summed E-state index contributed by atoms with van der Waals surface area (Å²) in [6, 6.07) is 8.02. The number of fused-ring (bicyclic) bond motifs is 1. The Bertz CT molecular complexity index is 956. The first-order valence-corrected chi connectivity index (χ1v) is 7.83. The molecular weight excluding hydrogens is 312 g/mol. The van der Waals surface area contributed by atoms with E-state index < -0.39 is 0 Å². The second-order valence-corrected chi connectivity index (χ2v) is 6.05. The third kappa shape index (κ3) is 2.88. The van der Waals surface area contributed by atoms with Crippen LogP contribution in [0.15, 0.2) is 40.7 Å². The molecule has 0 aliphatic carbocycles. The summed E-state index contributed by atoms with van der Waals surface area (Å²) >= 11 is 1.53. The molecule has 2 N–H and O–H groups in total. The predicted octanol–water partition coefficient (Wildman–Crippen LogP) is 2.08. The topological polar surface area (TPSA) is 83.0 Å². The van der Waals surface area contributed by atoms with Gasteiger partial charge < -0.3 is 14.8 Å². The lowest BCUT2D eigenvalue weighted by molar-refractivity contribution is 0.280. The summed E-state index contributed by atoms with van der Waals surface area (Å²) in [5.41, 5.74) is 2.52. The largest absolute Gasteiger partial charge is 0.505 e. The van der Waals surface area contributed by atoms with Gasteiger partial charge in [-0.3, -0.25) is 4.98 Å². The van der Waals surface area contributed by atoms with Crippen LogP contribution in [0.4, 0.5) is 0 Å². The maximum absolute atomic E-state index is 10.1. The highest BCUT2D eigenvalue weighted by Crippen LogP contribution is 2.22. The van der Waals surface area contributed by atoms with Gasteiger partial charge in [0.25, 0.3) is 0 Å².